The summed E-state index contributed by atoms with van der Waals surface area (Å²) in [6.45, 7) is 0.161. The molecule has 0 saturated carbocycles. The van der Waals surface area contributed by atoms with Crippen LogP contribution in [0.25, 0.3) is 0 Å². The number of rotatable bonds is 2. The zero-order valence-electron chi connectivity index (χ0n) is 12.1. The molecule has 0 aliphatic carbocycles. The summed E-state index contributed by atoms with van der Waals surface area (Å²) < 4.78 is 115. The summed E-state index contributed by atoms with van der Waals surface area (Å²) in [5, 5.41) is 18.7. The van der Waals surface area contributed by atoms with Crippen LogP contribution < -0.4 is 11.5 Å². The first kappa shape index (κ1) is 21.2. The Morgan fingerprint density at radius 1 is 0.720 bits per heavy atom. The third-order valence-electron chi connectivity index (χ3n) is 3.48. The zero-order valence-corrected chi connectivity index (χ0v) is 12.1. The van der Waals surface area contributed by atoms with Gasteiger partial charge in [-0.2, -0.15) is 39.5 Å². The van der Waals surface area contributed by atoms with Crippen LogP contribution in [0.4, 0.5) is 50.9 Å². The van der Waals surface area contributed by atoms with Crippen LogP contribution in [0.3, 0.4) is 0 Å². The lowest BCUT2D eigenvalue weighted by atomic mass is 9.85. The Bertz CT molecular complexity index is 625. The van der Waals surface area contributed by atoms with Crippen LogP contribution in [-0.2, 0) is 11.2 Å². The van der Waals surface area contributed by atoms with E-state index in [2.05, 4.69) is 0 Å². The predicted octanol–water partition coefficient (Wildman–Crippen LogP) is 2.93. The fraction of sp³-hybridized carbons (Fsp3) is 0.500. The molecule has 0 spiro atoms. The predicted molar refractivity (Wildman–Crippen MR) is 66.9 cm³/mol. The molecular weight excluding hydrogens is 375 g/mol. The van der Waals surface area contributed by atoms with Crippen LogP contribution in [0.2, 0.25) is 0 Å². The molecule has 0 bridgehead atoms. The van der Waals surface area contributed by atoms with Crippen LogP contribution in [0.1, 0.15) is 18.1 Å². The number of nitrogen functional groups attached to an aromatic ring is 2. The highest BCUT2D eigenvalue weighted by molar-refractivity contribution is 5.67. The lowest BCUT2D eigenvalue weighted by Gasteiger charge is -2.34. The van der Waals surface area contributed by atoms with Gasteiger partial charge in [-0.15, -0.1) is 0 Å². The Labute approximate surface area is 133 Å². The van der Waals surface area contributed by atoms with E-state index < -0.39 is 52.2 Å². The largest absolute Gasteiger partial charge is 0.430 e. The molecule has 25 heavy (non-hydrogen) atoms. The van der Waals surface area contributed by atoms with Gasteiger partial charge in [-0.25, -0.2) is 0 Å². The molecule has 1 unspecified atom stereocenters. The third kappa shape index (κ3) is 3.17. The van der Waals surface area contributed by atoms with E-state index in [1.165, 1.54) is 0 Å². The van der Waals surface area contributed by atoms with E-state index in [1.54, 1.807) is 0 Å². The van der Waals surface area contributed by atoms with Gasteiger partial charge < -0.3 is 21.7 Å². The number of hydrogen-bond acceptors (Lipinski definition) is 4. The molecule has 1 aromatic rings. The number of hydrogen-bond donors (Lipinski definition) is 4. The smallest absolute Gasteiger partial charge is 0.398 e. The Morgan fingerprint density at radius 3 is 1.28 bits per heavy atom. The lowest BCUT2D eigenvalue weighted by Crippen LogP contribution is -2.54. The summed E-state index contributed by atoms with van der Waals surface area (Å²) in [5.41, 5.74) is -4.89. The standard InChI is InChI=1S/C12H11F9N2O2/c1-8(24,10(13,14)15)7-5(22)2-4(3-6(7)23)9(25,11(16,17)18)12(19,20)21/h2-3,24-25H,22-23H2,1H3. The van der Waals surface area contributed by atoms with Crippen LogP contribution in [0.5, 0.6) is 0 Å². The van der Waals surface area contributed by atoms with E-state index in [0.717, 1.165) is 0 Å². The summed E-state index contributed by atoms with van der Waals surface area (Å²) in [6.07, 6.45) is -17.9. The molecule has 0 saturated heterocycles. The van der Waals surface area contributed by atoms with Gasteiger partial charge in [-0.1, -0.05) is 0 Å². The van der Waals surface area contributed by atoms with Crippen LogP contribution in [-0.4, -0.2) is 28.7 Å². The molecule has 1 aromatic carbocycles. The Balaban J connectivity index is 3.76. The molecule has 0 aliphatic rings. The zero-order chi connectivity index (χ0) is 20.2. The summed E-state index contributed by atoms with van der Waals surface area (Å²) >= 11 is 0. The van der Waals surface area contributed by atoms with Gasteiger partial charge in [-0.3, -0.25) is 0 Å². The van der Waals surface area contributed by atoms with E-state index in [1.807, 2.05) is 0 Å². The maximum atomic E-state index is 12.8. The van der Waals surface area contributed by atoms with Crippen molar-refractivity contribution in [3.05, 3.63) is 23.3 Å². The summed E-state index contributed by atoms with van der Waals surface area (Å²) in [6, 6.07) is -0.347. The first-order valence-electron chi connectivity index (χ1n) is 6.13. The molecule has 0 heterocycles. The van der Waals surface area contributed by atoms with E-state index in [0.29, 0.717) is 0 Å². The molecule has 13 heteroatoms. The maximum absolute atomic E-state index is 12.8. The molecule has 1 rings (SSSR count). The van der Waals surface area contributed by atoms with Crippen molar-refractivity contribution < 1.29 is 49.7 Å². The molecule has 0 aliphatic heterocycles. The van der Waals surface area contributed by atoms with Crippen molar-refractivity contribution in [3.8, 4) is 0 Å². The number of alkyl halides is 9. The van der Waals surface area contributed by atoms with Gasteiger partial charge in [0, 0.05) is 22.5 Å². The Hall–Kier alpha value is -1.89. The van der Waals surface area contributed by atoms with Crippen molar-refractivity contribution in [3.63, 3.8) is 0 Å². The molecule has 0 fully saturated rings. The van der Waals surface area contributed by atoms with Crippen molar-refractivity contribution in [2.24, 2.45) is 0 Å². The quantitative estimate of drug-likeness (QED) is 0.465. The van der Waals surface area contributed by atoms with Gasteiger partial charge >= 0.3 is 18.5 Å². The van der Waals surface area contributed by atoms with Gasteiger partial charge in [0.25, 0.3) is 5.60 Å². The summed E-state index contributed by atoms with van der Waals surface area (Å²) in [4.78, 5) is 0. The monoisotopic (exact) mass is 386 g/mol. The van der Waals surface area contributed by atoms with Gasteiger partial charge in [0.15, 0.2) is 5.60 Å². The summed E-state index contributed by atoms with van der Waals surface area (Å²) in [5.74, 6) is 0. The molecule has 0 radical (unpaired) electrons. The first-order chi connectivity index (χ1) is 10.8. The fourth-order valence-electron chi connectivity index (χ4n) is 2.09. The maximum Gasteiger partial charge on any atom is 0.430 e. The van der Waals surface area contributed by atoms with E-state index in [-0.39, 0.29) is 19.1 Å². The highest BCUT2D eigenvalue weighted by atomic mass is 19.4. The minimum Gasteiger partial charge on any atom is -0.398 e. The average molecular weight is 386 g/mol. The molecule has 0 amide bonds. The molecular formula is C12H11F9N2O2. The third-order valence-corrected chi connectivity index (χ3v) is 3.48. The van der Waals surface area contributed by atoms with E-state index in [9.17, 15) is 49.7 Å². The molecule has 144 valence electrons. The average Bonchev–Trinajstić information content (AvgIpc) is 2.32. The van der Waals surface area contributed by atoms with Crippen LogP contribution >= 0.6 is 0 Å². The Morgan fingerprint density at radius 2 is 1.04 bits per heavy atom. The second-order valence-electron chi connectivity index (χ2n) is 5.31. The van der Waals surface area contributed by atoms with Gasteiger partial charge in [0.2, 0.25) is 0 Å². The topological polar surface area (TPSA) is 92.5 Å². The van der Waals surface area contributed by atoms with Gasteiger partial charge in [0.1, 0.15) is 0 Å². The van der Waals surface area contributed by atoms with E-state index in [4.69, 9.17) is 11.5 Å². The van der Waals surface area contributed by atoms with Crippen molar-refractivity contribution >= 4 is 11.4 Å². The lowest BCUT2D eigenvalue weighted by molar-refractivity contribution is -0.376. The fourth-order valence-corrected chi connectivity index (χ4v) is 2.09. The minimum atomic E-state index is -6.28. The number of aliphatic hydroxyl groups is 2. The van der Waals surface area contributed by atoms with Crippen molar-refractivity contribution in [2.75, 3.05) is 11.5 Å². The van der Waals surface area contributed by atoms with Crippen molar-refractivity contribution in [1.82, 2.24) is 0 Å². The highest BCUT2D eigenvalue weighted by Gasteiger charge is 2.71. The number of anilines is 2. The molecule has 1 atom stereocenters. The van der Waals surface area contributed by atoms with E-state index >= 15 is 0 Å². The Kier molecular flexibility index (Phi) is 4.70. The highest BCUT2D eigenvalue weighted by Crippen LogP contribution is 2.52. The minimum absolute atomic E-state index is 0.161. The molecule has 4 nitrogen and oxygen atoms in total. The van der Waals surface area contributed by atoms with Crippen molar-refractivity contribution in [2.45, 2.75) is 36.7 Å². The van der Waals surface area contributed by atoms with Crippen molar-refractivity contribution in [1.29, 1.82) is 0 Å². The SMILES string of the molecule is CC(O)(c1c(N)cc(C(O)(C(F)(F)F)C(F)(F)F)cc1N)C(F)(F)F. The second kappa shape index (κ2) is 5.56. The first-order valence-corrected chi connectivity index (χ1v) is 6.13. The second-order valence-corrected chi connectivity index (χ2v) is 5.31. The molecule has 0 aromatic heterocycles. The molecule has 6 N–H and O–H groups in total. The van der Waals surface area contributed by atoms with Crippen LogP contribution in [0.15, 0.2) is 12.1 Å². The number of halogens is 9. The van der Waals surface area contributed by atoms with Crippen LogP contribution in [0, 0.1) is 0 Å². The van der Waals surface area contributed by atoms with Gasteiger partial charge in [-0.05, 0) is 19.1 Å². The normalized spacial score (nSPS) is 16.6. The number of benzene rings is 1. The number of nitrogens with two attached hydrogens (primary N) is 2. The van der Waals surface area contributed by atoms with Gasteiger partial charge in [0.05, 0.1) is 0 Å². The summed E-state index contributed by atoms with van der Waals surface area (Å²) in [7, 11) is 0.